The van der Waals surface area contributed by atoms with Crippen molar-refractivity contribution >= 4 is 28.1 Å². The van der Waals surface area contributed by atoms with Gasteiger partial charge in [0.25, 0.3) is 0 Å². The Morgan fingerprint density at radius 1 is 1.50 bits per heavy atom. The molecular weight excluding hydrogens is 314 g/mol. The quantitative estimate of drug-likeness (QED) is 0.805. The Bertz CT molecular complexity index is 638. The summed E-state index contributed by atoms with van der Waals surface area (Å²) in [5, 5.41) is 5.13. The van der Waals surface area contributed by atoms with Crippen molar-refractivity contribution in [1.29, 1.82) is 0 Å². The summed E-state index contributed by atoms with van der Waals surface area (Å²) in [4.78, 5) is 8.66. The molecule has 118 valence electrons. The molecule has 0 fully saturated rings. The molecule has 2 aromatic heterocycles. The maximum atomic E-state index is 5.39. The Morgan fingerprint density at radius 2 is 2.27 bits per heavy atom. The molecule has 0 aliphatic carbocycles. The monoisotopic (exact) mass is 335 g/mol. The van der Waals surface area contributed by atoms with Gasteiger partial charge in [-0.2, -0.15) is 16.7 Å². The van der Waals surface area contributed by atoms with Gasteiger partial charge in [0.05, 0.1) is 7.11 Å². The fourth-order valence-corrected chi connectivity index (χ4v) is 3.74. The van der Waals surface area contributed by atoms with Crippen molar-refractivity contribution < 1.29 is 4.74 Å². The summed E-state index contributed by atoms with van der Waals surface area (Å²) in [6, 6.07) is 3.89. The van der Waals surface area contributed by atoms with Gasteiger partial charge in [0, 0.05) is 34.8 Å². The number of nitrogens with zero attached hydrogens (tertiary/aromatic N) is 2. The van der Waals surface area contributed by atoms with E-state index in [1.807, 2.05) is 12.1 Å². The van der Waals surface area contributed by atoms with Crippen molar-refractivity contribution in [2.75, 3.05) is 24.4 Å². The average Bonchev–Trinajstić information content (AvgIpc) is 2.91. The number of anilines is 1. The molecule has 0 saturated heterocycles. The topological polar surface area (TPSA) is 47.0 Å². The molecule has 22 heavy (non-hydrogen) atoms. The standard InChI is InChI=1S/C16H21N3OS2/c1-11(16(2,3)10-21-5)18-15-13(20-4)19-14(22-15)12-7-6-8-17-9-12/h6-9,18H,1,10H2,2-5H3. The molecule has 0 aromatic carbocycles. The van der Waals surface area contributed by atoms with Crippen LogP contribution < -0.4 is 10.1 Å². The zero-order valence-corrected chi connectivity index (χ0v) is 15.0. The summed E-state index contributed by atoms with van der Waals surface area (Å²) in [5.41, 5.74) is 1.93. The number of aromatic nitrogens is 2. The third kappa shape index (κ3) is 3.81. The van der Waals surface area contributed by atoms with Gasteiger partial charge in [-0.05, 0) is 18.4 Å². The van der Waals surface area contributed by atoms with Crippen LogP contribution in [0.15, 0.2) is 36.8 Å². The van der Waals surface area contributed by atoms with E-state index in [2.05, 4.69) is 42.0 Å². The highest BCUT2D eigenvalue weighted by Crippen LogP contribution is 2.39. The summed E-state index contributed by atoms with van der Waals surface area (Å²) in [6.45, 7) is 8.53. The van der Waals surface area contributed by atoms with Gasteiger partial charge < -0.3 is 10.1 Å². The van der Waals surface area contributed by atoms with Crippen molar-refractivity contribution in [3.8, 4) is 16.5 Å². The molecular formula is C16H21N3OS2. The van der Waals surface area contributed by atoms with E-state index < -0.39 is 0 Å². The van der Waals surface area contributed by atoms with E-state index in [0.29, 0.717) is 5.88 Å². The second-order valence-electron chi connectivity index (χ2n) is 5.52. The van der Waals surface area contributed by atoms with Crippen LogP contribution >= 0.6 is 23.1 Å². The molecule has 0 radical (unpaired) electrons. The number of pyridine rings is 1. The van der Waals surface area contributed by atoms with Gasteiger partial charge in [-0.3, -0.25) is 4.98 Å². The first kappa shape index (κ1) is 16.8. The molecule has 0 aliphatic heterocycles. The first-order valence-corrected chi connectivity index (χ1v) is 9.09. The number of thiazole rings is 1. The van der Waals surface area contributed by atoms with Gasteiger partial charge in [0.2, 0.25) is 5.88 Å². The highest BCUT2D eigenvalue weighted by atomic mass is 32.2. The van der Waals surface area contributed by atoms with Crippen LogP contribution in [0.4, 0.5) is 5.00 Å². The third-order valence-corrected chi connectivity index (χ3v) is 5.30. The SMILES string of the molecule is C=C(Nc1sc(-c2cccnc2)nc1OC)C(C)(C)CSC. The molecule has 2 heterocycles. The minimum Gasteiger partial charge on any atom is -0.479 e. The molecule has 2 aromatic rings. The Balaban J connectivity index is 2.25. The van der Waals surface area contributed by atoms with Gasteiger partial charge in [0.15, 0.2) is 5.00 Å². The molecule has 6 heteroatoms. The van der Waals surface area contributed by atoms with Crippen LogP contribution in [0.25, 0.3) is 10.6 Å². The van der Waals surface area contributed by atoms with Gasteiger partial charge in [-0.15, -0.1) is 0 Å². The van der Waals surface area contributed by atoms with Crippen LogP contribution in [0.1, 0.15) is 13.8 Å². The molecule has 0 bridgehead atoms. The maximum absolute atomic E-state index is 5.39. The first-order chi connectivity index (χ1) is 10.5. The fraction of sp³-hybridized carbons (Fsp3) is 0.375. The van der Waals surface area contributed by atoms with Gasteiger partial charge in [0.1, 0.15) is 5.01 Å². The van der Waals surface area contributed by atoms with Gasteiger partial charge >= 0.3 is 0 Å². The predicted molar refractivity (Wildman–Crippen MR) is 96.8 cm³/mol. The zero-order chi connectivity index (χ0) is 16.2. The molecule has 2 rings (SSSR count). The second-order valence-corrected chi connectivity index (χ2v) is 7.38. The van der Waals surface area contributed by atoms with Crippen LogP contribution in [0.5, 0.6) is 5.88 Å². The van der Waals surface area contributed by atoms with E-state index in [4.69, 9.17) is 4.74 Å². The number of rotatable bonds is 7. The van der Waals surface area contributed by atoms with E-state index in [-0.39, 0.29) is 5.41 Å². The van der Waals surface area contributed by atoms with Crippen molar-refractivity contribution in [3.05, 3.63) is 36.8 Å². The van der Waals surface area contributed by atoms with Crippen molar-refractivity contribution in [1.82, 2.24) is 9.97 Å². The van der Waals surface area contributed by atoms with Crippen molar-refractivity contribution in [3.63, 3.8) is 0 Å². The lowest BCUT2D eigenvalue weighted by Crippen LogP contribution is -2.22. The molecule has 0 aliphatic rings. The van der Waals surface area contributed by atoms with Crippen LogP contribution in [0.3, 0.4) is 0 Å². The minimum atomic E-state index is -0.0110. The summed E-state index contributed by atoms with van der Waals surface area (Å²) >= 11 is 3.35. The number of hydrogen-bond donors (Lipinski definition) is 1. The highest BCUT2D eigenvalue weighted by molar-refractivity contribution is 7.98. The van der Waals surface area contributed by atoms with Crippen LogP contribution in [-0.2, 0) is 0 Å². The number of thioether (sulfide) groups is 1. The lowest BCUT2D eigenvalue weighted by molar-refractivity contribution is 0.402. The molecule has 4 nitrogen and oxygen atoms in total. The maximum Gasteiger partial charge on any atom is 0.249 e. The summed E-state index contributed by atoms with van der Waals surface area (Å²) in [5.74, 6) is 1.58. The number of nitrogens with one attached hydrogen (secondary N) is 1. The van der Waals surface area contributed by atoms with Crippen LogP contribution in [0.2, 0.25) is 0 Å². The summed E-state index contributed by atoms with van der Waals surface area (Å²) in [7, 11) is 1.63. The smallest absolute Gasteiger partial charge is 0.249 e. The Kier molecular flexibility index (Phi) is 5.47. The van der Waals surface area contributed by atoms with Crippen LogP contribution in [0, 0.1) is 5.41 Å². The van der Waals surface area contributed by atoms with E-state index in [9.17, 15) is 0 Å². The third-order valence-electron chi connectivity index (χ3n) is 3.28. The fourth-order valence-electron chi connectivity index (χ4n) is 1.89. The zero-order valence-electron chi connectivity index (χ0n) is 13.3. The summed E-state index contributed by atoms with van der Waals surface area (Å²) in [6.07, 6.45) is 5.65. The number of ether oxygens (including phenoxy) is 1. The van der Waals surface area contributed by atoms with E-state index in [1.165, 1.54) is 0 Å². The Labute approximate surface area is 140 Å². The predicted octanol–water partition coefficient (Wildman–Crippen LogP) is 4.53. The normalized spacial score (nSPS) is 11.3. The molecule has 0 atom stereocenters. The van der Waals surface area contributed by atoms with E-state index in [0.717, 1.165) is 27.0 Å². The number of hydrogen-bond acceptors (Lipinski definition) is 6. The molecule has 0 saturated carbocycles. The largest absolute Gasteiger partial charge is 0.479 e. The molecule has 0 amide bonds. The van der Waals surface area contributed by atoms with Crippen molar-refractivity contribution in [2.45, 2.75) is 13.8 Å². The molecule has 0 unspecified atom stereocenters. The lowest BCUT2D eigenvalue weighted by atomic mass is 9.92. The number of methoxy groups -OCH3 is 1. The van der Waals surface area contributed by atoms with Crippen LogP contribution in [-0.4, -0.2) is 29.1 Å². The lowest BCUT2D eigenvalue weighted by Gasteiger charge is -2.26. The average molecular weight is 335 g/mol. The minimum absolute atomic E-state index is 0.0110. The second kappa shape index (κ2) is 7.15. The summed E-state index contributed by atoms with van der Waals surface area (Å²) < 4.78 is 5.39. The molecule has 0 spiro atoms. The van der Waals surface area contributed by atoms with Gasteiger partial charge in [-0.25, -0.2) is 0 Å². The van der Waals surface area contributed by atoms with E-state index in [1.54, 1.807) is 42.6 Å². The first-order valence-electron chi connectivity index (χ1n) is 6.88. The van der Waals surface area contributed by atoms with E-state index >= 15 is 0 Å². The highest BCUT2D eigenvalue weighted by Gasteiger charge is 2.23. The Morgan fingerprint density at radius 3 is 2.86 bits per heavy atom. The van der Waals surface area contributed by atoms with Gasteiger partial charge in [-0.1, -0.05) is 31.8 Å². The Hall–Kier alpha value is -1.53. The molecule has 1 N–H and O–H groups in total. The number of allylic oxidation sites excluding steroid dienone is 1. The van der Waals surface area contributed by atoms with Crippen molar-refractivity contribution in [2.24, 2.45) is 5.41 Å².